The first-order valence-electron chi connectivity index (χ1n) is 9.64. The van der Waals surface area contributed by atoms with Crippen LogP contribution in [0.4, 0.5) is 11.9 Å². The molecule has 158 valence electrons. The number of H-pyrrole nitrogens is 2. The van der Waals surface area contributed by atoms with Gasteiger partial charge in [-0.2, -0.15) is 0 Å². The average molecular weight is 416 g/mol. The topological polar surface area (TPSA) is 159 Å². The fourth-order valence-corrected chi connectivity index (χ4v) is 4.33. The zero-order chi connectivity index (χ0) is 20.5. The van der Waals surface area contributed by atoms with E-state index in [4.69, 9.17) is 29.4 Å². The minimum atomic E-state index is -1.01. The number of anilines is 2. The number of nitrogens with zero attached hydrogens (tertiary/aromatic N) is 2. The van der Waals surface area contributed by atoms with Crippen LogP contribution in [0.2, 0.25) is 0 Å². The Labute approximate surface area is 169 Å². The average Bonchev–Trinajstić information content (AvgIpc) is 3.39. The fraction of sp³-hybridized carbons (Fsp3) is 0.500. The second-order valence-corrected chi connectivity index (χ2v) is 7.59. The van der Waals surface area contributed by atoms with Crippen LogP contribution in [0.1, 0.15) is 6.92 Å². The molecule has 3 aliphatic heterocycles. The molecule has 2 aromatic heterocycles. The van der Waals surface area contributed by atoms with Crippen LogP contribution in [0.15, 0.2) is 16.9 Å². The van der Waals surface area contributed by atoms with Crippen molar-refractivity contribution >= 4 is 33.8 Å². The van der Waals surface area contributed by atoms with Crippen molar-refractivity contribution in [2.45, 2.75) is 37.3 Å². The molecule has 0 spiro atoms. The summed E-state index contributed by atoms with van der Waals surface area (Å²) in [6.45, 7) is 2.58. The van der Waals surface area contributed by atoms with E-state index in [1.165, 1.54) is 0 Å². The van der Waals surface area contributed by atoms with Crippen molar-refractivity contribution in [3.63, 3.8) is 0 Å². The van der Waals surface area contributed by atoms with Crippen LogP contribution in [-0.2, 0) is 23.7 Å². The molecule has 12 nitrogen and oxygen atoms in total. The molecule has 5 atom stereocenters. The van der Waals surface area contributed by atoms with Gasteiger partial charge in [0, 0.05) is 0 Å². The van der Waals surface area contributed by atoms with Crippen molar-refractivity contribution in [1.29, 1.82) is 0 Å². The van der Waals surface area contributed by atoms with E-state index in [9.17, 15) is 4.79 Å². The lowest BCUT2D eigenvalue weighted by Crippen LogP contribution is -2.61. The van der Waals surface area contributed by atoms with Crippen LogP contribution in [0, 0.1) is 0 Å². The Morgan fingerprint density at radius 3 is 3.03 bits per heavy atom. The molecule has 0 unspecified atom stereocenters. The van der Waals surface area contributed by atoms with Crippen molar-refractivity contribution in [3.05, 3.63) is 22.5 Å². The molecule has 3 aliphatic rings. The summed E-state index contributed by atoms with van der Waals surface area (Å²) < 4.78 is 29.2. The molecule has 3 aromatic rings. The highest BCUT2D eigenvalue weighted by Crippen LogP contribution is 2.40. The molecule has 0 radical (unpaired) electrons. The maximum atomic E-state index is 12.1. The highest BCUT2D eigenvalue weighted by atomic mass is 16.8. The number of imidazole rings is 1. The van der Waals surface area contributed by atoms with E-state index in [-0.39, 0.29) is 43.3 Å². The number of hydrogen-bond acceptors (Lipinski definition) is 10. The Morgan fingerprint density at radius 1 is 1.23 bits per heavy atom. The lowest BCUT2D eigenvalue weighted by molar-refractivity contribution is -0.255. The molecular formula is C18H20N6O6. The third-order valence-corrected chi connectivity index (χ3v) is 5.68. The summed E-state index contributed by atoms with van der Waals surface area (Å²) in [7, 11) is 0. The van der Waals surface area contributed by atoms with Gasteiger partial charge in [0.2, 0.25) is 17.7 Å². The van der Waals surface area contributed by atoms with E-state index >= 15 is 0 Å². The van der Waals surface area contributed by atoms with Gasteiger partial charge in [-0.05, 0) is 19.1 Å². The zero-order valence-corrected chi connectivity index (χ0v) is 16.0. The van der Waals surface area contributed by atoms with E-state index in [2.05, 4.69) is 25.3 Å². The number of ether oxygens (including phenoxy) is 5. The van der Waals surface area contributed by atoms with Crippen molar-refractivity contribution in [3.8, 4) is 0 Å². The smallest absolute Gasteiger partial charge is 0.260 e. The number of benzene rings is 1. The monoisotopic (exact) mass is 416 g/mol. The minimum absolute atomic E-state index is 0.0597. The Bertz CT molecular complexity index is 1200. The van der Waals surface area contributed by atoms with Crippen LogP contribution < -0.4 is 16.6 Å². The van der Waals surface area contributed by atoms with Gasteiger partial charge in [-0.25, -0.2) is 9.97 Å². The SMILES string of the molecule is C[C@H]1O[C@@H]2[C@@H](CO[C@@]3(CNc4nc5cc6nc(N)[nH]c(=O)c6cc5[nH]4)OCO[C@@H]23)O1. The van der Waals surface area contributed by atoms with Gasteiger partial charge in [0.05, 0.1) is 35.1 Å². The molecule has 5 N–H and O–H groups in total. The Kier molecular flexibility index (Phi) is 3.82. The predicted molar refractivity (Wildman–Crippen MR) is 104 cm³/mol. The molecule has 0 amide bonds. The maximum absolute atomic E-state index is 12.1. The summed E-state index contributed by atoms with van der Waals surface area (Å²) in [5.74, 6) is -0.453. The first-order valence-corrected chi connectivity index (χ1v) is 9.64. The van der Waals surface area contributed by atoms with E-state index < -0.39 is 11.9 Å². The number of fused-ring (bicyclic) bond motifs is 5. The first kappa shape index (κ1) is 18.0. The predicted octanol–water partition coefficient (Wildman–Crippen LogP) is 0.0229. The second kappa shape index (κ2) is 6.36. The van der Waals surface area contributed by atoms with Gasteiger partial charge >= 0.3 is 0 Å². The number of aromatic nitrogens is 4. The maximum Gasteiger partial charge on any atom is 0.260 e. The van der Waals surface area contributed by atoms with Crippen molar-refractivity contribution in [1.82, 2.24) is 19.9 Å². The third kappa shape index (κ3) is 2.69. The molecular weight excluding hydrogens is 396 g/mol. The summed E-state index contributed by atoms with van der Waals surface area (Å²) in [6.07, 6.45) is -1.18. The number of nitrogens with two attached hydrogens (primary N) is 1. The Morgan fingerprint density at radius 2 is 2.13 bits per heavy atom. The van der Waals surface area contributed by atoms with Crippen LogP contribution in [0.5, 0.6) is 0 Å². The van der Waals surface area contributed by atoms with Gasteiger partial charge in [0.15, 0.2) is 13.1 Å². The lowest BCUT2D eigenvalue weighted by atomic mass is 9.97. The largest absolute Gasteiger partial charge is 0.369 e. The zero-order valence-electron chi connectivity index (χ0n) is 16.0. The number of nitrogens with one attached hydrogen (secondary N) is 3. The van der Waals surface area contributed by atoms with Crippen LogP contribution in [-0.4, -0.2) is 70.3 Å². The van der Waals surface area contributed by atoms with Gasteiger partial charge in [0.1, 0.15) is 18.3 Å². The van der Waals surface area contributed by atoms with Gasteiger partial charge in [-0.15, -0.1) is 0 Å². The summed E-state index contributed by atoms with van der Waals surface area (Å²) in [4.78, 5) is 26.5. The second-order valence-electron chi connectivity index (χ2n) is 7.59. The Hall–Kier alpha value is -2.77. The molecule has 6 rings (SSSR count). The molecule has 0 bridgehead atoms. The number of nitrogen functional groups attached to an aromatic ring is 1. The summed E-state index contributed by atoms with van der Waals surface area (Å²) in [5, 5.41) is 3.64. The molecule has 3 saturated heterocycles. The van der Waals surface area contributed by atoms with Crippen LogP contribution in [0.25, 0.3) is 21.9 Å². The summed E-state index contributed by atoms with van der Waals surface area (Å²) in [5.41, 5.74) is 7.13. The highest BCUT2D eigenvalue weighted by molar-refractivity contribution is 5.93. The van der Waals surface area contributed by atoms with Gasteiger partial charge in [-0.3, -0.25) is 9.78 Å². The van der Waals surface area contributed by atoms with E-state index in [0.29, 0.717) is 34.5 Å². The molecule has 12 heteroatoms. The first-order chi connectivity index (χ1) is 14.5. The van der Waals surface area contributed by atoms with E-state index in [1.54, 1.807) is 12.1 Å². The molecule has 1 aromatic carbocycles. The van der Waals surface area contributed by atoms with Gasteiger partial charge < -0.3 is 39.7 Å². The standard InChI is InChI=1S/C18H20N6O6/c1-7-29-12-4-27-18(14(13(12)30-7)26-6-28-18)5-20-17-22-10-2-8-9(3-11(10)23-17)21-16(19)24-15(8)25/h2-3,7,12-14H,4-6H2,1H3,(H2,20,22,23)(H3,19,21,24,25)/t7-,12-,13-,14+,18+/m1/s1. The minimum Gasteiger partial charge on any atom is -0.369 e. The number of hydrogen-bond donors (Lipinski definition) is 4. The normalized spacial score (nSPS) is 33.1. The van der Waals surface area contributed by atoms with Crippen molar-refractivity contribution < 1.29 is 23.7 Å². The summed E-state index contributed by atoms with van der Waals surface area (Å²) >= 11 is 0. The third-order valence-electron chi connectivity index (χ3n) is 5.68. The molecule has 30 heavy (non-hydrogen) atoms. The van der Waals surface area contributed by atoms with Gasteiger partial charge in [-0.1, -0.05) is 0 Å². The molecule has 3 fully saturated rings. The van der Waals surface area contributed by atoms with E-state index in [1.807, 2.05) is 6.92 Å². The fourth-order valence-electron chi connectivity index (χ4n) is 4.33. The lowest BCUT2D eigenvalue weighted by Gasteiger charge is -2.40. The van der Waals surface area contributed by atoms with Crippen molar-refractivity contribution in [2.75, 3.05) is 31.0 Å². The molecule has 0 saturated carbocycles. The van der Waals surface area contributed by atoms with Crippen molar-refractivity contribution in [2.24, 2.45) is 0 Å². The number of aromatic amines is 2. The highest BCUT2D eigenvalue weighted by Gasteiger charge is 2.59. The van der Waals surface area contributed by atoms with Gasteiger partial charge in [0.25, 0.3) is 5.56 Å². The molecule has 5 heterocycles. The Balaban J connectivity index is 1.27. The number of rotatable bonds is 3. The van der Waals surface area contributed by atoms with Crippen LogP contribution >= 0.6 is 0 Å². The van der Waals surface area contributed by atoms with E-state index in [0.717, 1.165) is 0 Å². The molecule has 0 aliphatic carbocycles. The quantitative estimate of drug-likeness (QED) is 0.458. The van der Waals surface area contributed by atoms with Crippen LogP contribution in [0.3, 0.4) is 0 Å². The summed E-state index contributed by atoms with van der Waals surface area (Å²) in [6, 6.07) is 3.40.